The van der Waals surface area contributed by atoms with Crippen molar-refractivity contribution in [1.82, 2.24) is 0 Å². The fraction of sp³-hybridized carbons (Fsp3) is 0.684. The summed E-state index contributed by atoms with van der Waals surface area (Å²) in [6, 6.07) is 0. The monoisotopic (exact) mass is 302 g/mol. The van der Waals surface area contributed by atoms with Gasteiger partial charge in [0, 0.05) is 12.0 Å². The molecule has 22 heavy (non-hydrogen) atoms. The summed E-state index contributed by atoms with van der Waals surface area (Å²) in [4.78, 5) is 25.4. The van der Waals surface area contributed by atoms with E-state index in [-0.39, 0.29) is 35.1 Å². The molecule has 0 saturated heterocycles. The van der Waals surface area contributed by atoms with Crippen molar-refractivity contribution in [3.8, 4) is 0 Å². The van der Waals surface area contributed by atoms with E-state index in [9.17, 15) is 14.7 Å². The summed E-state index contributed by atoms with van der Waals surface area (Å²) >= 11 is 0. The number of carbonyl (C=O) groups is 2. The van der Waals surface area contributed by atoms with Gasteiger partial charge in [0.1, 0.15) is 0 Å². The smallest absolute Gasteiger partial charge is 0.204 e. The molecular formula is C19H26O3. The molecule has 3 rings (SSSR count). The lowest BCUT2D eigenvalue weighted by molar-refractivity contribution is -0.134. The Bertz CT molecular complexity index is 619. The van der Waals surface area contributed by atoms with Gasteiger partial charge in [0.2, 0.25) is 5.78 Å². The van der Waals surface area contributed by atoms with Crippen LogP contribution >= 0.6 is 0 Å². The minimum absolute atomic E-state index is 0.0373. The molecule has 0 amide bonds. The number of rotatable bonds is 1. The lowest BCUT2D eigenvalue weighted by atomic mass is 9.67. The van der Waals surface area contributed by atoms with Crippen LogP contribution in [0, 0.1) is 16.7 Å². The largest absolute Gasteiger partial charge is 0.504 e. The number of hydrogen-bond donors (Lipinski definition) is 1. The highest BCUT2D eigenvalue weighted by atomic mass is 16.3. The second-order valence-electron chi connectivity index (χ2n) is 8.30. The average molecular weight is 302 g/mol. The Balaban J connectivity index is 1.99. The molecule has 1 spiro atoms. The third-order valence-corrected chi connectivity index (χ3v) is 5.92. The standard InChI is InChI=1S/C19H26O3/c1-11(2)15-14(20)10-19(17(22)16(15)21)8-12-6-5-7-18(3,4)13(12)9-19/h11,21H,5-10H2,1-4H3/t19-/m0/s1. The Morgan fingerprint density at radius 1 is 1.09 bits per heavy atom. The van der Waals surface area contributed by atoms with E-state index < -0.39 is 5.41 Å². The van der Waals surface area contributed by atoms with Crippen LogP contribution in [0.2, 0.25) is 0 Å². The van der Waals surface area contributed by atoms with Gasteiger partial charge >= 0.3 is 0 Å². The first-order valence-electron chi connectivity index (χ1n) is 8.40. The molecular weight excluding hydrogens is 276 g/mol. The zero-order valence-electron chi connectivity index (χ0n) is 14.1. The molecule has 0 unspecified atom stereocenters. The fourth-order valence-corrected chi connectivity index (χ4v) is 4.76. The van der Waals surface area contributed by atoms with Crippen molar-refractivity contribution in [2.75, 3.05) is 0 Å². The normalized spacial score (nSPS) is 31.5. The van der Waals surface area contributed by atoms with Gasteiger partial charge in [-0.25, -0.2) is 0 Å². The van der Waals surface area contributed by atoms with Crippen LogP contribution in [0.25, 0.3) is 0 Å². The molecule has 0 aromatic carbocycles. The molecule has 0 aliphatic heterocycles. The lowest BCUT2D eigenvalue weighted by Crippen LogP contribution is -2.40. The van der Waals surface area contributed by atoms with Crippen LogP contribution in [-0.2, 0) is 9.59 Å². The SMILES string of the molecule is CC(C)C1=C(O)C(=O)[C@@]2(CC1=O)CC1=C(C2)C(C)(C)CCC1. The predicted octanol–water partition coefficient (Wildman–Crippen LogP) is 4.28. The molecule has 3 heteroatoms. The van der Waals surface area contributed by atoms with Gasteiger partial charge in [-0.2, -0.15) is 0 Å². The van der Waals surface area contributed by atoms with E-state index in [1.54, 1.807) is 0 Å². The molecule has 0 aromatic heterocycles. The van der Waals surface area contributed by atoms with Crippen LogP contribution in [0.5, 0.6) is 0 Å². The molecule has 0 radical (unpaired) electrons. The highest BCUT2D eigenvalue weighted by Crippen LogP contribution is 2.57. The van der Waals surface area contributed by atoms with Gasteiger partial charge in [0.25, 0.3) is 0 Å². The second-order valence-corrected chi connectivity index (χ2v) is 8.30. The van der Waals surface area contributed by atoms with E-state index in [1.165, 1.54) is 11.1 Å². The summed E-state index contributed by atoms with van der Waals surface area (Å²) < 4.78 is 0. The summed E-state index contributed by atoms with van der Waals surface area (Å²) in [6.07, 6.45) is 4.95. The van der Waals surface area contributed by atoms with Gasteiger partial charge in [0.05, 0.1) is 5.41 Å². The van der Waals surface area contributed by atoms with Gasteiger partial charge in [-0.1, -0.05) is 38.8 Å². The van der Waals surface area contributed by atoms with Crippen molar-refractivity contribution in [3.63, 3.8) is 0 Å². The first kappa shape index (κ1) is 15.5. The summed E-state index contributed by atoms with van der Waals surface area (Å²) in [5.74, 6) is -0.594. The molecule has 1 atom stereocenters. The summed E-state index contributed by atoms with van der Waals surface area (Å²) in [5.41, 5.74) is 2.52. The van der Waals surface area contributed by atoms with Crippen LogP contribution in [-0.4, -0.2) is 16.7 Å². The van der Waals surface area contributed by atoms with Crippen molar-refractivity contribution in [1.29, 1.82) is 0 Å². The fourth-order valence-electron chi connectivity index (χ4n) is 4.76. The summed E-state index contributed by atoms with van der Waals surface area (Å²) in [5, 5.41) is 10.4. The van der Waals surface area contributed by atoms with Crippen LogP contribution < -0.4 is 0 Å². The summed E-state index contributed by atoms with van der Waals surface area (Å²) in [6.45, 7) is 8.20. The van der Waals surface area contributed by atoms with E-state index >= 15 is 0 Å². The Hall–Kier alpha value is -1.38. The Labute approximate surface area is 132 Å². The van der Waals surface area contributed by atoms with Gasteiger partial charge in [-0.15, -0.1) is 0 Å². The van der Waals surface area contributed by atoms with Crippen LogP contribution in [0.15, 0.2) is 22.5 Å². The Morgan fingerprint density at radius 2 is 1.77 bits per heavy atom. The third-order valence-electron chi connectivity index (χ3n) is 5.92. The van der Waals surface area contributed by atoms with E-state index in [4.69, 9.17) is 0 Å². The molecule has 0 saturated carbocycles. The number of aliphatic hydroxyl groups excluding tert-OH is 1. The molecule has 120 valence electrons. The van der Waals surface area contributed by atoms with Crippen molar-refractivity contribution < 1.29 is 14.7 Å². The molecule has 3 nitrogen and oxygen atoms in total. The zero-order valence-corrected chi connectivity index (χ0v) is 14.1. The molecule has 3 aliphatic carbocycles. The average Bonchev–Trinajstić information content (AvgIpc) is 2.76. The molecule has 0 bridgehead atoms. The lowest BCUT2D eigenvalue weighted by Gasteiger charge is -2.35. The van der Waals surface area contributed by atoms with Crippen LogP contribution in [0.1, 0.15) is 66.2 Å². The van der Waals surface area contributed by atoms with E-state index in [0.29, 0.717) is 18.4 Å². The van der Waals surface area contributed by atoms with Crippen molar-refractivity contribution >= 4 is 11.6 Å². The van der Waals surface area contributed by atoms with Crippen molar-refractivity contribution in [2.24, 2.45) is 16.7 Å². The van der Waals surface area contributed by atoms with Crippen LogP contribution in [0.3, 0.4) is 0 Å². The van der Waals surface area contributed by atoms with E-state index in [0.717, 1.165) is 19.3 Å². The number of aliphatic hydroxyl groups is 1. The predicted molar refractivity (Wildman–Crippen MR) is 85.4 cm³/mol. The van der Waals surface area contributed by atoms with Gasteiger partial charge in [0.15, 0.2) is 11.5 Å². The topological polar surface area (TPSA) is 54.4 Å². The molecule has 3 aliphatic rings. The maximum absolute atomic E-state index is 12.9. The van der Waals surface area contributed by atoms with Crippen molar-refractivity contribution in [3.05, 3.63) is 22.5 Å². The number of hydrogen-bond acceptors (Lipinski definition) is 3. The first-order chi connectivity index (χ1) is 10.2. The molecule has 1 N–H and O–H groups in total. The third kappa shape index (κ3) is 2.09. The van der Waals surface area contributed by atoms with E-state index in [1.807, 2.05) is 13.8 Å². The number of allylic oxidation sites excluding steroid dienone is 4. The second kappa shape index (κ2) is 4.81. The highest BCUT2D eigenvalue weighted by molar-refractivity contribution is 6.13. The maximum atomic E-state index is 12.9. The van der Waals surface area contributed by atoms with Gasteiger partial charge in [-0.05, 0) is 43.4 Å². The Morgan fingerprint density at radius 3 is 2.36 bits per heavy atom. The molecule has 0 fully saturated rings. The zero-order chi connectivity index (χ0) is 16.3. The quantitative estimate of drug-likeness (QED) is 0.735. The summed E-state index contributed by atoms with van der Waals surface area (Å²) in [7, 11) is 0. The Kier molecular flexibility index (Phi) is 3.39. The first-order valence-corrected chi connectivity index (χ1v) is 8.40. The minimum Gasteiger partial charge on any atom is -0.504 e. The number of carbonyl (C=O) groups excluding carboxylic acids is 2. The molecule has 0 heterocycles. The number of Topliss-reactive ketones (excluding diaryl/α,β-unsaturated/α-hetero) is 2. The van der Waals surface area contributed by atoms with Crippen molar-refractivity contribution in [2.45, 2.75) is 66.2 Å². The van der Waals surface area contributed by atoms with Gasteiger partial charge < -0.3 is 5.11 Å². The van der Waals surface area contributed by atoms with Crippen LogP contribution in [0.4, 0.5) is 0 Å². The highest BCUT2D eigenvalue weighted by Gasteiger charge is 2.53. The maximum Gasteiger partial charge on any atom is 0.204 e. The van der Waals surface area contributed by atoms with Gasteiger partial charge in [-0.3, -0.25) is 9.59 Å². The number of ketones is 2. The molecule has 0 aromatic rings. The minimum atomic E-state index is -0.689. The van der Waals surface area contributed by atoms with E-state index in [2.05, 4.69) is 13.8 Å².